The van der Waals surface area contributed by atoms with Gasteiger partial charge in [-0.25, -0.2) is 4.79 Å². The van der Waals surface area contributed by atoms with Crippen molar-refractivity contribution in [2.75, 3.05) is 0 Å². The van der Waals surface area contributed by atoms with Gasteiger partial charge in [0.1, 0.15) is 0 Å². The zero-order chi connectivity index (χ0) is 13.3. The molecular formula is C12H6ClIO4. The van der Waals surface area contributed by atoms with Gasteiger partial charge < -0.3 is 9.52 Å². The predicted molar refractivity (Wildman–Crippen MR) is 73.3 cm³/mol. The Morgan fingerprint density at radius 2 is 1.83 bits per heavy atom. The van der Waals surface area contributed by atoms with E-state index in [9.17, 15) is 9.59 Å². The Balaban J connectivity index is 2.35. The van der Waals surface area contributed by atoms with Crippen LogP contribution < -0.4 is 0 Å². The molecule has 0 saturated carbocycles. The fourth-order valence-corrected chi connectivity index (χ4v) is 1.87. The minimum atomic E-state index is -1.21. The van der Waals surface area contributed by atoms with Crippen LogP contribution in [0.2, 0.25) is 5.02 Å². The Morgan fingerprint density at radius 1 is 1.17 bits per heavy atom. The monoisotopic (exact) mass is 376 g/mol. The number of aromatic carboxylic acids is 1. The van der Waals surface area contributed by atoms with Gasteiger partial charge in [0.25, 0.3) is 0 Å². The van der Waals surface area contributed by atoms with Crippen LogP contribution in [0.1, 0.15) is 26.7 Å². The lowest BCUT2D eigenvalue weighted by molar-refractivity contribution is 0.0660. The summed E-state index contributed by atoms with van der Waals surface area (Å²) in [5.74, 6) is -1.91. The van der Waals surface area contributed by atoms with E-state index in [1.807, 2.05) is 22.6 Å². The van der Waals surface area contributed by atoms with Crippen LogP contribution in [0.15, 0.2) is 34.7 Å². The Bertz CT molecular complexity index is 633. The number of carboxylic acid groups (broad SMARTS) is 1. The molecule has 2 rings (SSSR count). The molecule has 0 saturated heterocycles. The van der Waals surface area contributed by atoms with Crippen molar-refractivity contribution < 1.29 is 19.1 Å². The molecule has 0 bridgehead atoms. The van der Waals surface area contributed by atoms with Gasteiger partial charge in [0.05, 0.1) is 5.02 Å². The Labute approximate surface area is 121 Å². The molecular weight excluding hydrogens is 370 g/mol. The molecule has 6 heteroatoms. The summed E-state index contributed by atoms with van der Waals surface area (Å²) in [6, 6.07) is 7.41. The molecule has 92 valence electrons. The molecule has 0 spiro atoms. The van der Waals surface area contributed by atoms with Crippen molar-refractivity contribution in [1.82, 2.24) is 0 Å². The zero-order valence-corrected chi connectivity index (χ0v) is 11.7. The molecule has 0 aliphatic carbocycles. The first kappa shape index (κ1) is 13.1. The van der Waals surface area contributed by atoms with E-state index in [1.54, 1.807) is 12.1 Å². The highest BCUT2D eigenvalue weighted by Crippen LogP contribution is 2.22. The fourth-order valence-electron chi connectivity index (χ4n) is 1.35. The standard InChI is InChI=1S/C12H6ClIO4/c13-7-5-6(1-2-8(7)14)11(15)9-3-4-10(18-9)12(16)17/h1-5H,(H,16,17). The maximum atomic E-state index is 12.0. The summed E-state index contributed by atoms with van der Waals surface area (Å²) in [5.41, 5.74) is 0.353. The highest BCUT2D eigenvalue weighted by atomic mass is 127. The number of ketones is 1. The maximum Gasteiger partial charge on any atom is 0.371 e. The topological polar surface area (TPSA) is 67.5 Å². The van der Waals surface area contributed by atoms with Gasteiger partial charge in [-0.1, -0.05) is 11.6 Å². The van der Waals surface area contributed by atoms with Crippen molar-refractivity contribution >= 4 is 45.9 Å². The second kappa shape index (κ2) is 5.11. The smallest absolute Gasteiger partial charge is 0.371 e. The fraction of sp³-hybridized carbons (Fsp3) is 0. The lowest BCUT2D eigenvalue weighted by Gasteiger charge is -2.00. The molecule has 0 radical (unpaired) electrons. The number of furan rings is 1. The van der Waals surface area contributed by atoms with Crippen LogP contribution in [0, 0.1) is 3.57 Å². The zero-order valence-electron chi connectivity index (χ0n) is 8.81. The summed E-state index contributed by atoms with van der Waals surface area (Å²) < 4.78 is 5.77. The van der Waals surface area contributed by atoms with Crippen molar-refractivity contribution in [1.29, 1.82) is 0 Å². The van der Waals surface area contributed by atoms with Gasteiger partial charge in [0.15, 0.2) is 5.76 Å². The molecule has 0 aliphatic heterocycles. The van der Waals surface area contributed by atoms with E-state index < -0.39 is 11.8 Å². The van der Waals surface area contributed by atoms with Crippen LogP contribution in [0.5, 0.6) is 0 Å². The molecule has 0 atom stereocenters. The lowest BCUT2D eigenvalue weighted by Crippen LogP contribution is -2.00. The van der Waals surface area contributed by atoms with Crippen LogP contribution in [0.4, 0.5) is 0 Å². The van der Waals surface area contributed by atoms with Crippen molar-refractivity contribution in [2.24, 2.45) is 0 Å². The second-order valence-corrected chi connectivity index (χ2v) is 5.00. The minimum absolute atomic E-state index is 0.0234. The number of rotatable bonds is 3. The Kier molecular flexibility index (Phi) is 3.72. The number of hydrogen-bond donors (Lipinski definition) is 1. The molecule has 0 unspecified atom stereocenters. The van der Waals surface area contributed by atoms with E-state index in [2.05, 4.69) is 0 Å². The van der Waals surface area contributed by atoms with Crippen LogP contribution in [-0.4, -0.2) is 16.9 Å². The molecule has 1 aromatic heterocycles. The average Bonchev–Trinajstić information content (AvgIpc) is 2.81. The number of carboxylic acids is 1. The molecule has 1 heterocycles. The van der Waals surface area contributed by atoms with E-state index in [-0.39, 0.29) is 11.5 Å². The van der Waals surface area contributed by atoms with Crippen molar-refractivity contribution in [3.8, 4) is 0 Å². The minimum Gasteiger partial charge on any atom is -0.475 e. The number of hydrogen-bond acceptors (Lipinski definition) is 3. The van der Waals surface area contributed by atoms with Crippen LogP contribution in [0.25, 0.3) is 0 Å². The summed E-state index contributed by atoms with van der Waals surface area (Å²) in [6.07, 6.45) is 0. The SMILES string of the molecule is O=C(O)c1ccc(C(=O)c2ccc(I)c(Cl)c2)o1. The first-order valence-corrected chi connectivity index (χ1v) is 6.27. The highest BCUT2D eigenvalue weighted by molar-refractivity contribution is 14.1. The van der Waals surface area contributed by atoms with Gasteiger partial charge in [-0.15, -0.1) is 0 Å². The van der Waals surface area contributed by atoms with Crippen LogP contribution in [-0.2, 0) is 0 Å². The van der Waals surface area contributed by atoms with Gasteiger partial charge in [-0.3, -0.25) is 4.79 Å². The molecule has 0 amide bonds. The van der Waals surface area contributed by atoms with Crippen molar-refractivity contribution in [3.63, 3.8) is 0 Å². The highest BCUT2D eigenvalue weighted by Gasteiger charge is 2.17. The lowest BCUT2D eigenvalue weighted by atomic mass is 10.1. The van der Waals surface area contributed by atoms with Gasteiger partial charge in [-0.2, -0.15) is 0 Å². The molecule has 1 N–H and O–H groups in total. The number of carbonyl (C=O) groups excluding carboxylic acids is 1. The van der Waals surface area contributed by atoms with Crippen molar-refractivity contribution in [3.05, 3.63) is 56.0 Å². The van der Waals surface area contributed by atoms with E-state index in [0.29, 0.717) is 10.6 Å². The first-order valence-electron chi connectivity index (χ1n) is 4.82. The molecule has 0 fully saturated rings. The molecule has 18 heavy (non-hydrogen) atoms. The Hall–Kier alpha value is -1.34. The van der Waals surface area contributed by atoms with Gasteiger partial charge >= 0.3 is 5.97 Å². The van der Waals surface area contributed by atoms with Gasteiger partial charge in [-0.05, 0) is 52.9 Å². The third-order valence-electron chi connectivity index (χ3n) is 2.22. The van der Waals surface area contributed by atoms with E-state index in [1.165, 1.54) is 18.2 Å². The Morgan fingerprint density at radius 3 is 2.39 bits per heavy atom. The quantitative estimate of drug-likeness (QED) is 0.658. The van der Waals surface area contributed by atoms with Gasteiger partial charge in [0, 0.05) is 9.13 Å². The van der Waals surface area contributed by atoms with Crippen LogP contribution >= 0.6 is 34.2 Å². The van der Waals surface area contributed by atoms with Gasteiger partial charge in [0.2, 0.25) is 11.5 Å². The van der Waals surface area contributed by atoms with E-state index in [4.69, 9.17) is 21.1 Å². The maximum absolute atomic E-state index is 12.0. The normalized spacial score (nSPS) is 10.3. The average molecular weight is 377 g/mol. The first-order chi connectivity index (χ1) is 8.49. The summed E-state index contributed by atoms with van der Waals surface area (Å²) in [4.78, 5) is 22.6. The molecule has 1 aromatic carbocycles. The molecule has 2 aromatic rings. The third kappa shape index (κ3) is 2.56. The number of benzene rings is 1. The summed E-state index contributed by atoms with van der Waals surface area (Å²) in [5, 5.41) is 9.17. The summed E-state index contributed by atoms with van der Waals surface area (Å²) in [6.45, 7) is 0. The summed E-state index contributed by atoms with van der Waals surface area (Å²) >= 11 is 7.96. The second-order valence-electron chi connectivity index (χ2n) is 3.43. The number of carbonyl (C=O) groups is 2. The third-order valence-corrected chi connectivity index (χ3v) is 3.79. The predicted octanol–water partition coefficient (Wildman–Crippen LogP) is 3.47. The van der Waals surface area contributed by atoms with Crippen LogP contribution in [0.3, 0.4) is 0 Å². The van der Waals surface area contributed by atoms with E-state index >= 15 is 0 Å². The number of halogens is 2. The molecule has 0 aliphatic rings. The van der Waals surface area contributed by atoms with Crippen molar-refractivity contribution in [2.45, 2.75) is 0 Å². The summed E-state index contributed by atoms with van der Waals surface area (Å²) in [7, 11) is 0. The largest absolute Gasteiger partial charge is 0.475 e. The van der Waals surface area contributed by atoms with E-state index in [0.717, 1.165) is 3.57 Å². The molecule has 4 nitrogen and oxygen atoms in total.